The van der Waals surface area contributed by atoms with Crippen molar-refractivity contribution in [3.05, 3.63) is 77.6 Å². The van der Waals surface area contributed by atoms with Crippen LogP contribution in [0.1, 0.15) is 28.7 Å². The first-order chi connectivity index (χ1) is 14.6. The third-order valence-corrected chi connectivity index (χ3v) is 6.02. The highest BCUT2D eigenvalue weighted by Crippen LogP contribution is 2.23. The van der Waals surface area contributed by atoms with Crippen molar-refractivity contribution >= 4 is 21.5 Å². The van der Waals surface area contributed by atoms with Gasteiger partial charge < -0.3 is 14.6 Å². The van der Waals surface area contributed by atoms with Crippen molar-refractivity contribution in [3.63, 3.8) is 0 Å². The van der Waals surface area contributed by atoms with Gasteiger partial charge in [0.05, 0.1) is 17.5 Å². The maximum Gasteiger partial charge on any atom is 0.238 e. The van der Waals surface area contributed by atoms with Gasteiger partial charge in [-0.05, 0) is 63.2 Å². The SMILES string of the molecule is Cc1cc(C(=O)CN(CC(C)O)c2ccccc2)c(C)n1-c1ccc(S(N)(=O)=O)cc1. The van der Waals surface area contributed by atoms with E-state index in [0.29, 0.717) is 12.1 Å². The number of ketones is 1. The minimum absolute atomic E-state index is 0.0339. The van der Waals surface area contributed by atoms with Crippen molar-refractivity contribution < 1.29 is 18.3 Å². The second kappa shape index (κ2) is 9.05. The summed E-state index contributed by atoms with van der Waals surface area (Å²) in [6.45, 7) is 5.90. The monoisotopic (exact) mass is 441 g/mol. The van der Waals surface area contributed by atoms with E-state index in [0.717, 1.165) is 22.8 Å². The van der Waals surface area contributed by atoms with Crippen molar-refractivity contribution in [2.75, 3.05) is 18.0 Å². The van der Waals surface area contributed by atoms with Crippen LogP contribution < -0.4 is 10.0 Å². The number of anilines is 1. The summed E-state index contributed by atoms with van der Waals surface area (Å²) >= 11 is 0. The molecule has 0 aliphatic carbocycles. The van der Waals surface area contributed by atoms with Gasteiger partial charge >= 0.3 is 0 Å². The van der Waals surface area contributed by atoms with Crippen LogP contribution in [0.5, 0.6) is 0 Å². The lowest BCUT2D eigenvalue weighted by atomic mass is 10.1. The molecule has 0 aliphatic rings. The second-order valence-electron chi connectivity index (χ2n) is 7.65. The van der Waals surface area contributed by atoms with Gasteiger partial charge in [0.25, 0.3) is 0 Å². The van der Waals surface area contributed by atoms with Gasteiger partial charge in [-0.3, -0.25) is 4.79 Å². The minimum Gasteiger partial charge on any atom is -0.392 e. The number of para-hydroxylation sites is 1. The summed E-state index contributed by atoms with van der Waals surface area (Å²) in [6.07, 6.45) is -0.585. The van der Waals surface area contributed by atoms with Gasteiger partial charge in [-0.15, -0.1) is 0 Å². The number of nitrogens with zero attached hydrogens (tertiary/aromatic N) is 2. The van der Waals surface area contributed by atoms with E-state index >= 15 is 0 Å². The van der Waals surface area contributed by atoms with Gasteiger partial charge in [0.2, 0.25) is 10.0 Å². The fourth-order valence-corrected chi connectivity index (χ4v) is 4.22. The number of aliphatic hydroxyl groups excluding tert-OH is 1. The molecule has 3 N–H and O–H groups in total. The zero-order valence-electron chi connectivity index (χ0n) is 17.8. The number of carbonyl (C=O) groups excluding carboxylic acids is 1. The van der Waals surface area contributed by atoms with Crippen molar-refractivity contribution in [2.24, 2.45) is 5.14 Å². The fourth-order valence-electron chi connectivity index (χ4n) is 3.70. The number of benzene rings is 2. The van der Waals surface area contributed by atoms with Crippen LogP contribution in [0.2, 0.25) is 0 Å². The molecule has 0 spiro atoms. The fraction of sp³-hybridized carbons (Fsp3) is 0.261. The van der Waals surface area contributed by atoms with Gasteiger partial charge in [0.1, 0.15) is 0 Å². The van der Waals surface area contributed by atoms with Crippen LogP contribution in [-0.2, 0) is 10.0 Å². The Kier molecular flexibility index (Phi) is 6.64. The van der Waals surface area contributed by atoms with Crippen LogP contribution >= 0.6 is 0 Å². The number of sulfonamides is 1. The zero-order chi connectivity index (χ0) is 22.8. The number of hydrogen-bond donors (Lipinski definition) is 2. The van der Waals surface area contributed by atoms with Crippen LogP contribution in [0.3, 0.4) is 0 Å². The number of aromatic nitrogens is 1. The first-order valence-electron chi connectivity index (χ1n) is 9.91. The first kappa shape index (κ1) is 22.7. The summed E-state index contributed by atoms with van der Waals surface area (Å²) in [5.74, 6) is -0.0648. The highest BCUT2D eigenvalue weighted by Gasteiger charge is 2.20. The van der Waals surface area contributed by atoms with E-state index in [9.17, 15) is 18.3 Å². The van der Waals surface area contributed by atoms with E-state index in [4.69, 9.17) is 5.14 Å². The summed E-state index contributed by atoms with van der Waals surface area (Å²) in [6, 6.07) is 17.6. The summed E-state index contributed by atoms with van der Waals surface area (Å²) in [5, 5.41) is 15.1. The molecule has 1 atom stereocenters. The molecule has 3 aromatic rings. The van der Waals surface area contributed by atoms with Crippen LogP contribution in [0, 0.1) is 13.8 Å². The summed E-state index contributed by atoms with van der Waals surface area (Å²) in [7, 11) is -3.77. The van der Waals surface area contributed by atoms with Gasteiger partial charge in [-0.2, -0.15) is 0 Å². The molecule has 0 amide bonds. The lowest BCUT2D eigenvalue weighted by molar-refractivity contribution is 0.0995. The number of Topliss-reactive ketones (excluding diaryl/α,β-unsaturated/α-hetero) is 1. The molecule has 1 aromatic heterocycles. The zero-order valence-corrected chi connectivity index (χ0v) is 18.6. The van der Waals surface area contributed by atoms with Gasteiger partial charge in [0, 0.05) is 34.9 Å². The molecule has 7 nitrogen and oxygen atoms in total. The summed E-state index contributed by atoms with van der Waals surface area (Å²) in [5.41, 5.74) is 3.80. The smallest absolute Gasteiger partial charge is 0.238 e. The van der Waals surface area contributed by atoms with Crippen molar-refractivity contribution in [2.45, 2.75) is 31.8 Å². The Labute approximate surface area is 182 Å². The predicted octanol–water partition coefficient (Wildman–Crippen LogP) is 2.81. The Bertz CT molecular complexity index is 1170. The van der Waals surface area contributed by atoms with E-state index in [2.05, 4.69) is 0 Å². The Morgan fingerprint density at radius 1 is 1.10 bits per heavy atom. The molecule has 3 rings (SSSR count). The molecule has 0 aliphatic heterocycles. The normalized spacial score (nSPS) is 12.5. The highest BCUT2D eigenvalue weighted by molar-refractivity contribution is 7.89. The second-order valence-corrected chi connectivity index (χ2v) is 9.21. The molecule has 1 unspecified atom stereocenters. The van der Waals surface area contributed by atoms with E-state index in [1.54, 1.807) is 19.1 Å². The topological polar surface area (TPSA) is 106 Å². The standard InChI is InChI=1S/C23H27N3O4S/c1-16-13-22(18(3)26(16)20-9-11-21(12-10-20)31(24,29)30)23(28)15-25(14-17(2)27)19-7-5-4-6-8-19/h4-13,17,27H,14-15H2,1-3H3,(H2,24,29,30). The molecule has 8 heteroatoms. The molecule has 1 heterocycles. The number of aryl methyl sites for hydroxylation is 1. The summed E-state index contributed by atoms with van der Waals surface area (Å²) in [4.78, 5) is 15.1. The molecule has 31 heavy (non-hydrogen) atoms. The number of primary sulfonamides is 1. The average Bonchev–Trinajstić information content (AvgIpc) is 3.01. The lowest BCUT2D eigenvalue weighted by Gasteiger charge is -2.25. The van der Waals surface area contributed by atoms with Crippen molar-refractivity contribution in [1.82, 2.24) is 4.57 Å². The maximum atomic E-state index is 13.2. The van der Waals surface area contributed by atoms with Crippen LogP contribution in [0.25, 0.3) is 5.69 Å². The van der Waals surface area contributed by atoms with Crippen molar-refractivity contribution in [3.8, 4) is 5.69 Å². The van der Waals surface area contributed by atoms with E-state index < -0.39 is 16.1 Å². The van der Waals surface area contributed by atoms with Gasteiger partial charge in [-0.25, -0.2) is 13.6 Å². The highest BCUT2D eigenvalue weighted by atomic mass is 32.2. The molecule has 0 fully saturated rings. The third-order valence-electron chi connectivity index (χ3n) is 5.10. The number of rotatable bonds is 8. The predicted molar refractivity (Wildman–Crippen MR) is 121 cm³/mol. The van der Waals surface area contributed by atoms with Crippen LogP contribution in [0.4, 0.5) is 5.69 Å². The number of hydrogen-bond acceptors (Lipinski definition) is 5. The molecular formula is C23H27N3O4S. The Morgan fingerprint density at radius 2 is 1.71 bits per heavy atom. The average molecular weight is 442 g/mol. The summed E-state index contributed by atoms with van der Waals surface area (Å²) < 4.78 is 24.9. The molecule has 2 aromatic carbocycles. The van der Waals surface area contributed by atoms with E-state index in [-0.39, 0.29) is 17.2 Å². The van der Waals surface area contributed by atoms with Gasteiger partial charge in [-0.1, -0.05) is 18.2 Å². The number of carbonyl (C=O) groups is 1. The molecular weight excluding hydrogens is 414 g/mol. The molecule has 0 radical (unpaired) electrons. The van der Waals surface area contributed by atoms with Crippen LogP contribution in [0.15, 0.2) is 65.6 Å². The Balaban J connectivity index is 1.90. The molecule has 0 saturated carbocycles. The third kappa shape index (κ3) is 5.22. The first-order valence-corrected chi connectivity index (χ1v) is 11.5. The van der Waals surface area contributed by atoms with Crippen molar-refractivity contribution in [1.29, 1.82) is 0 Å². The van der Waals surface area contributed by atoms with Gasteiger partial charge in [0.15, 0.2) is 5.78 Å². The van der Waals surface area contributed by atoms with Crippen LogP contribution in [-0.4, -0.2) is 43.1 Å². The minimum atomic E-state index is -3.77. The Hall–Kier alpha value is -2.94. The molecule has 164 valence electrons. The largest absolute Gasteiger partial charge is 0.392 e. The maximum absolute atomic E-state index is 13.2. The quantitative estimate of drug-likeness (QED) is 0.523. The lowest BCUT2D eigenvalue weighted by Crippen LogP contribution is -2.35. The molecule has 0 saturated heterocycles. The number of aliphatic hydroxyl groups is 1. The van der Waals surface area contributed by atoms with E-state index in [1.807, 2.05) is 59.7 Å². The Morgan fingerprint density at radius 3 is 2.26 bits per heavy atom. The number of nitrogens with two attached hydrogens (primary N) is 1. The van der Waals surface area contributed by atoms with E-state index in [1.165, 1.54) is 12.1 Å². The molecule has 0 bridgehead atoms.